The molecule has 17 heteroatoms. The number of aliphatic hydroxyl groups excluding tert-OH is 2. The fourth-order valence-corrected chi connectivity index (χ4v) is 7.42. The average Bonchev–Trinajstić information content (AvgIpc) is 3.74. The molecule has 0 saturated carbocycles. The largest absolute Gasteiger partial charge is 0.472 e. The number of nitrogens with zero attached hydrogens (tertiary/aromatic N) is 6. The molecule has 4 rings (SSSR count). The SMILES string of the molecule is CCCCCCCCCCCCCCCCCCOC[C@@H](COP(=O)(O)OC[C@@]1(C#N)O[C@@H](c2ccc3c(N)ncnn23)[C@H](O)[C@@H]1O)Oc1ccc(C#N)cn1. The van der Waals surface area contributed by atoms with E-state index in [0.717, 1.165) is 19.3 Å². The summed E-state index contributed by atoms with van der Waals surface area (Å²) >= 11 is 0. The van der Waals surface area contributed by atoms with Crippen molar-refractivity contribution in [3.05, 3.63) is 48.0 Å². The summed E-state index contributed by atoms with van der Waals surface area (Å²) in [6.45, 7) is 1.30. The van der Waals surface area contributed by atoms with Crippen molar-refractivity contribution >= 4 is 19.2 Å². The zero-order valence-corrected chi connectivity index (χ0v) is 33.3. The third-order valence-electron chi connectivity index (χ3n) is 9.91. The highest BCUT2D eigenvalue weighted by molar-refractivity contribution is 7.47. The summed E-state index contributed by atoms with van der Waals surface area (Å²) in [5.74, 6) is 0.309. The van der Waals surface area contributed by atoms with Crippen molar-refractivity contribution in [3.63, 3.8) is 0 Å². The summed E-state index contributed by atoms with van der Waals surface area (Å²) in [5, 5.41) is 45.0. The van der Waals surface area contributed by atoms with Gasteiger partial charge in [-0.3, -0.25) is 9.05 Å². The molecule has 1 saturated heterocycles. The fraction of sp³-hybridized carbons (Fsp3) is 0.667. The van der Waals surface area contributed by atoms with E-state index in [1.54, 1.807) is 18.2 Å². The number of hydrogen-bond acceptors (Lipinski definition) is 14. The van der Waals surface area contributed by atoms with Gasteiger partial charge in [0, 0.05) is 18.9 Å². The molecular weight excluding hydrogens is 741 g/mol. The van der Waals surface area contributed by atoms with Crippen molar-refractivity contribution in [1.82, 2.24) is 19.6 Å². The number of aromatic nitrogens is 4. The van der Waals surface area contributed by atoms with Gasteiger partial charge >= 0.3 is 7.82 Å². The Balaban J connectivity index is 1.19. The van der Waals surface area contributed by atoms with Gasteiger partial charge in [0.2, 0.25) is 11.5 Å². The molecule has 1 aliphatic rings. The van der Waals surface area contributed by atoms with Crippen molar-refractivity contribution in [3.8, 4) is 18.0 Å². The first-order valence-corrected chi connectivity index (χ1v) is 21.4. The summed E-state index contributed by atoms with van der Waals surface area (Å²) < 4.78 is 42.3. The van der Waals surface area contributed by atoms with Gasteiger partial charge in [-0.2, -0.15) is 15.6 Å². The van der Waals surface area contributed by atoms with Crippen LogP contribution < -0.4 is 10.5 Å². The molecule has 1 fully saturated rings. The lowest BCUT2D eigenvalue weighted by atomic mass is 9.96. The zero-order chi connectivity index (χ0) is 40.2. The van der Waals surface area contributed by atoms with E-state index >= 15 is 0 Å². The summed E-state index contributed by atoms with van der Waals surface area (Å²) in [7, 11) is -4.89. The maximum absolute atomic E-state index is 13.0. The standard InChI is InChI=1S/C39H58N7O9P/c1-2-3-4-5-6-7-8-9-10-11-12-13-14-15-16-17-22-51-25-31(54-34-21-18-30(23-40)24-43-34)26-52-56(49,50)53-28-39(27-41)37(48)35(47)36(55-39)32-19-20-33-38(42)44-29-45-46(32)33/h18-21,24,29,31,35-37,47-48H,2-17,22,25-26,28H2,1H3,(H,49,50)(H2,42,44,45)/t31-,35-,36-,37-,39+/m0/s1. The Hall–Kier alpha value is -3.70. The lowest BCUT2D eigenvalue weighted by Gasteiger charge is -2.26. The van der Waals surface area contributed by atoms with Gasteiger partial charge in [0.1, 0.15) is 55.0 Å². The number of anilines is 1. The molecule has 308 valence electrons. The van der Waals surface area contributed by atoms with Crippen LogP contribution in [0.1, 0.15) is 127 Å². The number of nitrogens with two attached hydrogens (primary N) is 1. The number of phosphoric acid groups is 1. The summed E-state index contributed by atoms with van der Waals surface area (Å²) in [6, 6.07) is 9.89. The first-order chi connectivity index (χ1) is 27.1. The summed E-state index contributed by atoms with van der Waals surface area (Å²) in [5.41, 5.74) is 4.66. The summed E-state index contributed by atoms with van der Waals surface area (Å²) in [6.07, 6.45) is 17.1. The van der Waals surface area contributed by atoms with Gasteiger partial charge in [0.15, 0.2) is 5.82 Å². The number of rotatable bonds is 28. The minimum atomic E-state index is -4.89. The molecule has 1 aliphatic heterocycles. The van der Waals surface area contributed by atoms with Gasteiger partial charge in [0.05, 0.1) is 24.5 Å². The van der Waals surface area contributed by atoms with E-state index in [-0.39, 0.29) is 24.0 Å². The van der Waals surface area contributed by atoms with Crippen molar-refractivity contribution in [2.24, 2.45) is 0 Å². The molecule has 16 nitrogen and oxygen atoms in total. The fourth-order valence-electron chi connectivity index (χ4n) is 6.64. The molecule has 0 radical (unpaired) electrons. The molecular formula is C39H58N7O9P. The molecule has 5 N–H and O–H groups in total. The van der Waals surface area contributed by atoms with Crippen LogP contribution in [0.3, 0.4) is 0 Å². The Kier molecular flexibility index (Phi) is 18.9. The van der Waals surface area contributed by atoms with Crippen molar-refractivity contribution in [2.75, 3.05) is 32.2 Å². The van der Waals surface area contributed by atoms with Crippen LogP contribution >= 0.6 is 7.82 Å². The number of phosphoric ester groups is 1. The highest BCUT2D eigenvalue weighted by Crippen LogP contribution is 2.47. The van der Waals surface area contributed by atoms with Crippen molar-refractivity contribution in [2.45, 2.75) is 140 Å². The molecule has 0 aliphatic carbocycles. The van der Waals surface area contributed by atoms with Crippen LogP contribution in [0.4, 0.5) is 5.82 Å². The van der Waals surface area contributed by atoms with Gasteiger partial charge in [0.25, 0.3) is 0 Å². The maximum atomic E-state index is 13.0. The quantitative estimate of drug-likeness (QED) is 0.0453. The average molecular weight is 800 g/mol. The maximum Gasteiger partial charge on any atom is 0.472 e. The number of unbranched alkanes of at least 4 members (excludes halogenated alkanes) is 15. The van der Waals surface area contributed by atoms with Gasteiger partial charge < -0.3 is 35.1 Å². The second-order valence-electron chi connectivity index (χ2n) is 14.3. The molecule has 1 unspecified atom stereocenters. The molecule has 6 atom stereocenters. The van der Waals surface area contributed by atoms with Crippen LogP contribution in [-0.2, 0) is 23.1 Å². The van der Waals surface area contributed by atoms with Crippen LogP contribution in [0, 0.1) is 22.7 Å². The number of nitrogen functional groups attached to an aromatic ring is 1. The summed E-state index contributed by atoms with van der Waals surface area (Å²) in [4.78, 5) is 18.6. The van der Waals surface area contributed by atoms with E-state index in [4.69, 9.17) is 34.3 Å². The minimum Gasteiger partial charge on any atom is -0.469 e. The van der Waals surface area contributed by atoms with E-state index in [1.807, 2.05) is 6.07 Å². The number of pyridine rings is 1. The van der Waals surface area contributed by atoms with Gasteiger partial charge in [-0.05, 0) is 24.6 Å². The zero-order valence-electron chi connectivity index (χ0n) is 32.4. The highest BCUT2D eigenvalue weighted by atomic mass is 31.2. The second-order valence-corrected chi connectivity index (χ2v) is 15.8. The Bertz CT molecular complexity index is 1730. The predicted molar refractivity (Wildman–Crippen MR) is 207 cm³/mol. The van der Waals surface area contributed by atoms with Crippen LogP contribution in [0.15, 0.2) is 36.8 Å². The van der Waals surface area contributed by atoms with E-state index in [9.17, 15) is 24.9 Å². The molecule has 0 bridgehead atoms. The number of nitriles is 2. The van der Waals surface area contributed by atoms with E-state index in [2.05, 4.69) is 22.0 Å². The van der Waals surface area contributed by atoms with Gasteiger partial charge in [-0.25, -0.2) is 19.0 Å². The molecule has 0 aromatic carbocycles. The molecule has 0 spiro atoms. The number of fused-ring (bicyclic) bond motifs is 1. The van der Waals surface area contributed by atoms with Crippen LogP contribution in [-0.4, -0.2) is 85.0 Å². The van der Waals surface area contributed by atoms with Gasteiger partial charge in [-0.1, -0.05) is 103 Å². The van der Waals surface area contributed by atoms with E-state index in [0.29, 0.717) is 17.7 Å². The second kappa shape index (κ2) is 23.5. The molecule has 56 heavy (non-hydrogen) atoms. The monoisotopic (exact) mass is 799 g/mol. The Morgan fingerprint density at radius 3 is 2.14 bits per heavy atom. The first kappa shape index (κ1) is 45.0. The Labute approximate surface area is 329 Å². The Morgan fingerprint density at radius 2 is 1.55 bits per heavy atom. The molecule has 0 amide bonds. The third kappa shape index (κ3) is 13.7. The number of ether oxygens (including phenoxy) is 3. The predicted octanol–water partition coefficient (Wildman–Crippen LogP) is 6.49. The lowest BCUT2D eigenvalue weighted by Crippen LogP contribution is -2.45. The third-order valence-corrected chi connectivity index (χ3v) is 10.8. The molecule has 3 aromatic heterocycles. The first-order valence-electron chi connectivity index (χ1n) is 19.9. The minimum absolute atomic E-state index is 0.00239. The number of hydrogen-bond donors (Lipinski definition) is 4. The van der Waals surface area contributed by atoms with E-state index < -0.39 is 51.1 Å². The molecule has 4 heterocycles. The van der Waals surface area contributed by atoms with Crippen molar-refractivity contribution in [1.29, 1.82) is 10.5 Å². The Morgan fingerprint density at radius 1 is 0.911 bits per heavy atom. The van der Waals surface area contributed by atoms with Crippen LogP contribution in [0.5, 0.6) is 5.88 Å². The lowest BCUT2D eigenvalue weighted by molar-refractivity contribution is -0.0755. The molecule has 3 aromatic rings. The highest BCUT2D eigenvalue weighted by Gasteiger charge is 2.57. The van der Waals surface area contributed by atoms with E-state index in [1.165, 1.54) is 113 Å². The normalized spacial score (nSPS) is 21.1. The van der Waals surface area contributed by atoms with Crippen LogP contribution in [0.2, 0.25) is 0 Å². The van der Waals surface area contributed by atoms with Crippen LogP contribution in [0.25, 0.3) is 5.52 Å². The van der Waals surface area contributed by atoms with Gasteiger partial charge in [-0.15, -0.1) is 0 Å². The topological polar surface area (TPSA) is 241 Å². The number of aliphatic hydroxyl groups is 2. The van der Waals surface area contributed by atoms with Crippen molar-refractivity contribution < 1.29 is 42.9 Å². The smallest absolute Gasteiger partial charge is 0.469 e.